The molecule has 0 aliphatic carbocycles. The first kappa shape index (κ1) is 9.00. The fourth-order valence-corrected chi connectivity index (χ4v) is 0.923. The summed E-state index contributed by atoms with van der Waals surface area (Å²) in [5.74, 6) is -0.553. The van der Waals surface area contributed by atoms with Gasteiger partial charge in [-0.2, -0.15) is 0 Å². The molecule has 3 nitrogen and oxygen atoms in total. The van der Waals surface area contributed by atoms with Crippen LogP contribution < -0.4 is 5.73 Å². The zero-order valence-electron chi connectivity index (χ0n) is 6.62. The molecule has 1 aromatic rings. The number of rotatable bonds is 2. The van der Waals surface area contributed by atoms with E-state index in [9.17, 15) is 4.79 Å². The number of carbonyl (C=O) groups is 1. The number of aryl methyl sites for hydroxylation is 1. The van der Waals surface area contributed by atoms with Gasteiger partial charge in [0.1, 0.15) is 5.38 Å². The van der Waals surface area contributed by atoms with E-state index in [0.29, 0.717) is 5.56 Å². The first-order chi connectivity index (χ1) is 5.61. The summed E-state index contributed by atoms with van der Waals surface area (Å²) in [6.45, 7) is 1.86. The Hall–Kier alpha value is -1.09. The van der Waals surface area contributed by atoms with Crippen LogP contribution in [0.3, 0.4) is 0 Å². The van der Waals surface area contributed by atoms with Crippen molar-refractivity contribution in [2.75, 3.05) is 0 Å². The van der Waals surface area contributed by atoms with E-state index in [2.05, 4.69) is 4.98 Å². The number of carbonyl (C=O) groups excluding carboxylic acids is 1. The van der Waals surface area contributed by atoms with Crippen molar-refractivity contribution in [2.24, 2.45) is 5.73 Å². The van der Waals surface area contributed by atoms with Crippen LogP contribution in [0.1, 0.15) is 16.6 Å². The summed E-state index contributed by atoms with van der Waals surface area (Å²) < 4.78 is 0. The third-order valence-corrected chi connectivity index (χ3v) is 1.94. The SMILES string of the molecule is Cc1ccc(C(Cl)C(N)=O)cn1. The van der Waals surface area contributed by atoms with E-state index in [4.69, 9.17) is 17.3 Å². The van der Waals surface area contributed by atoms with Crippen LogP contribution in [0.25, 0.3) is 0 Å². The van der Waals surface area contributed by atoms with Gasteiger partial charge in [-0.05, 0) is 18.6 Å². The number of primary amides is 1. The average Bonchev–Trinajstić information content (AvgIpc) is 2.04. The maximum absolute atomic E-state index is 10.6. The van der Waals surface area contributed by atoms with Crippen molar-refractivity contribution in [1.82, 2.24) is 4.98 Å². The van der Waals surface area contributed by atoms with Gasteiger partial charge in [-0.25, -0.2) is 0 Å². The fourth-order valence-electron chi connectivity index (χ4n) is 0.793. The second-order valence-electron chi connectivity index (χ2n) is 2.50. The highest BCUT2D eigenvalue weighted by molar-refractivity contribution is 6.30. The van der Waals surface area contributed by atoms with Gasteiger partial charge in [-0.3, -0.25) is 9.78 Å². The van der Waals surface area contributed by atoms with E-state index >= 15 is 0 Å². The minimum atomic E-state index is -0.780. The lowest BCUT2D eigenvalue weighted by molar-refractivity contribution is -0.117. The molecule has 0 spiro atoms. The number of amides is 1. The Labute approximate surface area is 75.6 Å². The molecule has 0 fully saturated rings. The third-order valence-electron chi connectivity index (χ3n) is 1.48. The van der Waals surface area contributed by atoms with Gasteiger partial charge in [0.2, 0.25) is 5.91 Å². The maximum atomic E-state index is 10.6. The van der Waals surface area contributed by atoms with Gasteiger partial charge in [0.25, 0.3) is 0 Å². The number of hydrogen-bond donors (Lipinski definition) is 1. The van der Waals surface area contributed by atoms with Crippen molar-refractivity contribution in [2.45, 2.75) is 12.3 Å². The summed E-state index contributed by atoms with van der Waals surface area (Å²) in [6, 6.07) is 3.53. The molecule has 0 bridgehead atoms. The topological polar surface area (TPSA) is 56.0 Å². The fraction of sp³-hybridized carbons (Fsp3) is 0.250. The van der Waals surface area contributed by atoms with Crippen LogP contribution in [0.4, 0.5) is 0 Å². The Morgan fingerprint density at radius 1 is 1.67 bits per heavy atom. The monoisotopic (exact) mass is 184 g/mol. The Balaban J connectivity index is 2.89. The largest absolute Gasteiger partial charge is 0.368 e. The second-order valence-corrected chi connectivity index (χ2v) is 2.93. The van der Waals surface area contributed by atoms with Gasteiger partial charge in [0.05, 0.1) is 0 Å². The molecule has 12 heavy (non-hydrogen) atoms. The highest BCUT2D eigenvalue weighted by Crippen LogP contribution is 2.18. The van der Waals surface area contributed by atoms with Gasteiger partial charge < -0.3 is 5.73 Å². The molecule has 0 aromatic carbocycles. The first-order valence-corrected chi connectivity index (χ1v) is 3.91. The van der Waals surface area contributed by atoms with Crippen LogP contribution in [-0.4, -0.2) is 10.9 Å². The van der Waals surface area contributed by atoms with Gasteiger partial charge >= 0.3 is 0 Å². The molecule has 0 aliphatic heterocycles. The standard InChI is InChI=1S/C8H9ClN2O/c1-5-2-3-6(4-11-5)7(9)8(10)12/h2-4,7H,1H3,(H2,10,12). The lowest BCUT2D eigenvalue weighted by Gasteiger charge is -2.03. The van der Waals surface area contributed by atoms with Crippen molar-refractivity contribution in [3.05, 3.63) is 29.6 Å². The van der Waals surface area contributed by atoms with Crippen LogP contribution >= 0.6 is 11.6 Å². The Morgan fingerprint density at radius 2 is 2.33 bits per heavy atom. The van der Waals surface area contributed by atoms with Crippen LogP contribution in [0.2, 0.25) is 0 Å². The molecule has 1 atom stereocenters. The number of pyridine rings is 1. The average molecular weight is 185 g/mol. The first-order valence-electron chi connectivity index (χ1n) is 3.47. The van der Waals surface area contributed by atoms with E-state index in [1.165, 1.54) is 0 Å². The van der Waals surface area contributed by atoms with Crippen LogP contribution in [-0.2, 0) is 4.79 Å². The minimum absolute atomic E-state index is 0.553. The number of aromatic nitrogens is 1. The van der Waals surface area contributed by atoms with Crippen LogP contribution in [0.15, 0.2) is 18.3 Å². The molecule has 4 heteroatoms. The van der Waals surface area contributed by atoms with Crippen molar-refractivity contribution in [3.63, 3.8) is 0 Å². The zero-order chi connectivity index (χ0) is 9.14. The molecule has 1 amide bonds. The van der Waals surface area contributed by atoms with E-state index in [-0.39, 0.29) is 0 Å². The summed E-state index contributed by atoms with van der Waals surface area (Å²) >= 11 is 5.68. The molecule has 1 rings (SSSR count). The smallest absolute Gasteiger partial charge is 0.240 e. The zero-order valence-corrected chi connectivity index (χ0v) is 7.38. The normalized spacial score (nSPS) is 12.5. The predicted molar refractivity (Wildman–Crippen MR) is 46.8 cm³/mol. The molecule has 1 heterocycles. The number of alkyl halides is 1. The van der Waals surface area contributed by atoms with Crippen LogP contribution in [0.5, 0.6) is 0 Å². The molecule has 0 radical (unpaired) electrons. The molecule has 64 valence electrons. The van der Waals surface area contributed by atoms with E-state index in [1.807, 2.05) is 6.92 Å². The summed E-state index contributed by atoms with van der Waals surface area (Å²) in [5, 5.41) is -0.780. The Bertz CT molecular complexity index is 284. The number of nitrogens with zero attached hydrogens (tertiary/aromatic N) is 1. The number of hydrogen-bond acceptors (Lipinski definition) is 2. The second kappa shape index (κ2) is 3.54. The maximum Gasteiger partial charge on any atom is 0.240 e. The lowest BCUT2D eigenvalue weighted by Crippen LogP contribution is -2.17. The predicted octanol–water partition coefficient (Wildman–Crippen LogP) is 1.16. The Morgan fingerprint density at radius 3 is 2.75 bits per heavy atom. The van der Waals surface area contributed by atoms with E-state index < -0.39 is 11.3 Å². The third kappa shape index (κ3) is 1.95. The van der Waals surface area contributed by atoms with Crippen molar-refractivity contribution in [3.8, 4) is 0 Å². The van der Waals surface area contributed by atoms with Gasteiger partial charge in [0.15, 0.2) is 0 Å². The molecular weight excluding hydrogens is 176 g/mol. The molecule has 0 saturated heterocycles. The minimum Gasteiger partial charge on any atom is -0.368 e. The van der Waals surface area contributed by atoms with Gasteiger partial charge in [-0.15, -0.1) is 11.6 Å². The van der Waals surface area contributed by atoms with Crippen molar-refractivity contribution >= 4 is 17.5 Å². The van der Waals surface area contributed by atoms with Crippen LogP contribution in [0, 0.1) is 6.92 Å². The van der Waals surface area contributed by atoms with Crippen molar-refractivity contribution < 1.29 is 4.79 Å². The lowest BCUT2D eigenvalue weighted by atomic mass is 10.2. The summed E-state index contributed by atoms with van der Waals surface area (Å²) in [6.07, 6.45) is 1.55. The molecule has 0 aliphatic rings. The van der Waals surface area contributed by atoms with Crippen molar-refractivity contribution in [1.29, 1.82) is 0 Å². The molecule has 1 aromatic heterocycles. The summed E-state index contributed by atoms with van der Waals surface area (Å²) in [5.41, 5.74) is 6.52. The number of halogens is 1. The molecule has 1 unspecified atom stereocenters. The molecular formula is C8H9ClN2O. The Kier molecular flexibility index (Phi) is 2.65. The highest BCUT2D eigenvalue weighted by atomic mass is 35.5. The van der Waals surface area contributed by atoms with E-state index in [0.717, 1.165) is 5.69 Å². The molecule has 2 N–H and O–H groups in total. The summed E-state index contributed by atoms with van der Waals surface area (Å²) in [7, 11) is 0. The van der Waals surface area contributed by atoms with Gasteiger partial charge in [-0.1, -0.05) is 6.07 Å². The highest BCUT2D eigenvalue weighted by Gasteiger charge is 2.13. The quantitative estimate of drug-likeness (QED) is 0.702. The molecule has 0 saturated carbocycles. The van der Waals surface area contributed by atoms with E-state index in [1.54, 1.807) is 18.3 Å². The summed E-state index contributed by atoms with van der Waals surface area (Å²) in [4.78, 5) is 14.6. The van der Waals surface area contributed by atoms with Gasteiger partial charge in [0, 0.05) is 11.9 Å². The number of nitrogens with two attached hydrogens (primary N) is 1.